The van der Waals surface area contributed by atoms with Crippen LogP contribution in [-0.4, -0.2) is 29.6 Å². The second-order valence-electron chi connectivity index (χ2n) is 4.81. The Hall–Kier alpha value is -3.40. The molecule has 0 radical (unpaired) electrons. The maximum absolute atomic E-state index is 12.3. The van der Waals surface area contributed by atoms with E-state index in [1.165, 1.54) is 48.1 Å². The van der Waals surface area contributed by atoms with Crippen molar-refractivity contribution in [2.45, 2.75) is 6.36 Å². The molecule has 0 spiro atoms. The van der Waals surface area contributed by atoms with Crippen molar-refractivity contribution in [3.63, 3.8) is 0 Å². The van der Waals surface area contributed by atoms with Gasteiger partial charge in [-0.2, -0.15) is 5.10 Å². The molecule has 0 aromatic heterocycles. The number of nitrogens with zero attached hydrogens (tertiary/aromatic N) is 1. The van der Waals surface area contributed by atoms with Gasteiger partial charge >= 0.3 is 6.36 Å². The third-order valence-electron chi connectivity index (χ3n) is 3.01. The summed E-state index contributed by atoms with van der Waals surface area (Å²) in [6.07, 6.45) is -3.70. The van der Waals surface area contributed by atoms with Gasteiger partial charge in [-0.15, -0.1) is 13.2 Å². The largest absolute Gasteiger partial charge is 0.573 e. The van der Waals surface area contributed by atoms with Gasteiger partial charge in [0.05, 0.1) is 11.8 Å². The van der Waals surface area contributed by atoms with Gasteiger partial charge in [-0.25, -0.2) is 10.9 Å². The number of ether oxygens (including phenoxy) is 1. The Balaban J connectivity index is 2.05. The highest BCUT2D eigenvalue weighted by Gasteiger charge is 2.32. The molecule has 3 N–H and O–H groups in total. The van der Waals surface area contributed by atoms with E-state index in [4.69, 9.17) is 5.21 Å². The molecule has 0 heterocycles. The Morgan fingerprint density at radius 2 is 1.69 bits per heavy atom. The number of amides is 2. The molecule has 2 aromatic rings. The molecule has 26 heavy (non-hydrogen) atoms. The van der Waals surface area contributed by atoms with E-state index in [1.807, 2.05) is 0 Å². The standard InChI is InChI=1S/C16H12F3N3O4/c17-16(18,19)26-13-4-2-1-3-12(13)15(24)21-20-9-10-5-7-11(8-6-10)14(23)22-25/h1-9,25H,(H,21,24)(H,22,23)/b20-9+. The number of benzene rings is 2. The number of alkyl halides is 3. The van der Waals surface area contributed by atoms with Crippen LogP contribution in [0.1, 0.15) is 26.3 Å². The number of hydroxylamine groups is 1. The first-order chi connectivity index (χ1) is 12.3. The maximum Gasteiger partial charge on any atom is 0.573 e. The van der Waals surface area contributed by atoms with Gasteiger partial charge < -0.3 is 4.74 Å². The molecular weight excluding hydrogens is 355 g/mol. The summed E-state index contributed by atoms with van der Waals surface area (Å²) in [6.45, 7) is 0. The molecule has 2 aromatic carbocycles. The Morgan fingerprint density at radius 1 is 1.04 bits per heavy atom. The van der Waals surface area contributed by atoms with Crippen LogP contribution < -0.4 is 15.6 Å². The summed E-state index contributed by atoms with van der Waals surface area (Å²) in [4.78, 5) is 23.1. The minimum Gasteiger partial charge on any atom is -0.405 e. The maximum atomic E-state index is 12.3. The predicted octanol–water partition coefficient (Wildman–Crippen LogP) is 2.47. The van der Waals surface area contributed by atoms with Crippen LogP contribution in [0.3, 0.4) is 0 Å². The van der Waals surface area contributed by atoms with Crippen LogP contribution in [0.5, 0.6) is 5.75 Å². The number of nitrogens with one attached hydrogen (secondary N) is 2. The molecular formula is C16H12F3N3O4. The van der Waals surface area contributed by atoms with Crippen molar-refractivity contribution in [3.05, 3.63) is 65.2 Å². The molecule has 10 heteroatoms. The summed E-state index contributed by atoms with van der Waals surface area (Å²) < 4.78 is 40.8. The van der Waals surface area contributed by atoms with Crippen molar-refractivity contribution in [2.24, 2.45) is 5.10 Å². The van der Waals surface area contributed by atoms with Crippen molar-refractivity contribution in [3.8, 4) is 5.75 Å². The number of hydrogen-bond donors (Lipinski definition) is 3. The van der Waals surface area contributed by atoms with E-state index in [2.05, 4.69) is 15.3 Å². The van der Waals surface area contributed by atoms with Crippen LogP contribution in [0.4, 0.5) is 13.2 Å². The number of hydrogen-bond acceptors (Lipinski definition) is 5. The van der Waals surface area contributed by atoms with Crippen molar-refractivity contribution in [1.29, 1.82) is 0 Å². The lowest BCUT2D eigenvalue weighted by molar-refractivity contribution is -0.274. The summed E-state index contributed by atoms with van der Waals surface area (Å²) in [7, 11) is 0. The Labute approximate surface area is 145 Å². The average molecular weight is 367 g/mol. The van der Waals surface area contributed by atoms with Gasteiger partial charge in [0.1, 0.15) is 5.75 Å². The van der Waals surface area contributed by atoms with Crippen LogP contribution in [-0.2, 0) is 0 Å². The zero-order valence-corrected chi connectivity index (χ0v) is 12.9. The molecule has 0 fully saturated rings. The lowest BCUT2D eigenvalue weighted by Crippen LogP contribution is -2.22. The van der Waals surface area contributed by atoms with Crippen LogP contribution in [0.15, 0.2) is 53.6 Å². The number of carbonyl (C=O) groups is 2. The summed E-state index contributed by atoms with van der Waals surface area (Å²) in [5.41, 5.74) is 3.93. The van der Waals surface area contributed by atoms with Crippen LogP contribution in [0.2, 0.25) is 0 Å². The van der Waals surface area contributed by atoms with Gasteiger partial charge in [0.15, 0.2) is 0 Å². The number of halogens is 3. The number of carbonyl (C=O) groups excluding carboxylic acids is 2. The quantitative estimate of drug-likeness (QED) is 0.429. The van der Waals surface area contributed by atoms with Crippen LogP contribution >= 0.6 is 0 Å². The van der Waals surface area contributed by atoms with Gasteiger partial charge in [-0.3, -0.25) is 14.8 Å². The lowest BCUT2D eigenvalue weighted by atomic mass is 10.1. The molecule has 0 aliphatic rings. The van der Waals surface area contributed by atoms with Crippen molar-refractivity contribution >= 4 is 18.0 Å². The fraction of sp³-hybridized carbons (Fsp3) is 0.0625. The fourth-order valence-corrected chi connectivity index (χ4v) is 1.88. The van der Waals surface area contributed by atoms with Gasteiger partial charge in [-0.1, -0.05) is 24.3 Å². The first-order valence-corrected chi connectivity index (χ1v) is 7.03. The van der Waals surface area contributed by atoms with Crippen LogP contribution in [0.25, 0.3) is 0 Å². The van der Waals surface area contributed by atoms with E-state index in [9.17, 15) is 22.8 Å². The molecule has 0 saturated carbocycles. The predicted molar refractivity (Wildman–Crippen MR) is 83.9 cm³/mol. The summed E-state index contributed by atoms with van der Waals surface area (Å²) in [6, 6.07) is 10.6. The van der Waals surface area contributed by atoms with E-state index in [0.717, 1.165) is 12.1 Å². The van der Waals surface area contributed by atoms with Gasteiger partial charge in [0, 0.05) is 5.56 Å². The van der Waals surface area contributed by atoms with Crippen molar-refractivity contribution < 1.29 is 32.7 Å². The van der Waals surface area contributed by atoms with Crippen molar-refractivity contribution in [2.75, 3.05) is 0 Å². The smallest absolute Gasteiger partial charge is 0.405 e. The molecule has 0 bridgehead atoms. The molecule has 0 saturated heterocycles. The normalized spacial score (nSPS) is 11.2. The van der Waals surface area contributed by atoms with E-state index >= 15 is 0 Å². The molecule has 7 nitrogen and oxygen atoms in total. The van der Waals surface area contributed by atoms with E-state index in [0.29, 0.717) is 5.56 Å². The molecule has 2 amide bonds. The number of rotatable bonds is 5. The number of para-hydroxylation sites is 1. The first-order valence-electron chi connectivity index (χ1n) is 7.03. The third-order valence-corrected chi connectivity index (χ3v) is 3.01. The molecule has 0 aliphatic carbocycles. The van der Waals surface area contributed by atoms with Gasteiger partial charge in [0.25, 0.3) is 11.8 Å². The molecule has 0 atom stereocenters. The molecule has 136 valence electrons. The monoisotopic (exact) mass is 367 g/mol. The third kappa shape index (κ3) is 5.31. The topological polar surface area (TPSA) is 100 Å². The molecule has 0 unspecified atom stereocenters. The summed E-state index contributed by atoms with van der Waals surface area (Å²) in [5.74, 6) is -2.23. The Bertz CT molecular complexity index is 820. The van der Waals surface area contributed by atoms with E-state index in [1.54, 1.807) is 0 Å². The molecule has 2 rings (SSSR count). The Morgan fingerprint density at radius 3 is 2.31 bits per heavy atom. The summed E-state index contributed by atoms with van der Waals surface area (Å²) in [5, 5.41) is 12.1. The molecule has 0 aliphatic heterocycles. The minimum atomic E-state index is -4.93. The van der Waals surface area contributed by atoms with E-state index < -0.39 is 23.9 Å². The highest BCUT2D eigenvalue weighted by molar-refractivity contribution is 5.97. The first kappa shape index (κ1) is 18.9. The van der Waals surface area contributed by atoms with Gasteiger partial charge in [-0.05, 0) is 29.8 Å². The average Bonchev–Trinajstić information content (AvgIpc) is 2.60. The van der Waals surface area contributed by atoms with E-state index in [-0.39, 0.29) is 11.1 Å². The minimum absolute atomic E-state index is 0.201. The highest BCUT2D eigenvalue weighted by Crippen LogP contribution is 2.26. The number of hydrazone groups is 1. The zero-order valence-electron chi connectivity index (χ0n) is 12.9. The fourth-order valence-electron chi connectivity index (χ4n) is 1.88. The highest BCUT2D eigenvalue weighted by atomic mass is 19.4. The second-order valence-corrected chi connectivity index (χ2v) is 4.81. The van der Waals surface area contributed by atoms with Crippen molar-refractivity contribution in [1.82, 2.24) is 10.9 Å². The SMILES string of the molecule is O=C(NO)c1ccc(/C=N/NC(=O)c2ccccc2OC(F)(F)F)cc1. The zero-order chi connectivity index (χ0) is 19.2. The second kappa shape index (κ2) is 8.12. The summed E-state index contributed by atoms with van der Waals surface area (Å²) >= 11 is 0. The van der Waals surface area contributed by atoms with Crippen LogP contribution in [0, 0.1) is 0 Å². The van der Waals surface area contributed by atoms with Gasteiger partial charge in [0.2, 0.25) is 0 Å². The lowest BCUT2D eigenvalue weighted by Gasteiger charge is -2.11. The Kier molecular flexibility index (Phi) is 5.91.